The second-order valence-electron chi connectivity index (χ2n) is 6.39. The SMILES string of the molecule is Cc1nn2c(C3CCCNC3)ccnc2c1/C=C/c1ccccc1. The molecule has 4 heteroatoms. The highest BCUT2D eigenvalue weighted by molar-refractivity contribution is 5.77. The maximum Gasteiger partial charge on any atom is 0.162 e. The molecule has 1 atom stereocenters. The van der Waals surface area contributed by atoms with Crippen molar-refractivity contribution in [2.24, 2.45) is 0 Å². The standard InChI is InChI=1S/C20H22N4/c1-15-18(10-9-16-6-3-2-4-7-16)20-22-13-11-19(24(20)23-15)17-8-5-12-21-14-17/h2-4,6-7,9-11,13,17,21H,5,8,12,14H2,1H3/b10-9+. The highest BCUT2D eigenvalue weighted by Crippen LogP contribution is 2.25. The van der Waals surface area contributed by atoms with Gasteiger partial charge >= 0.3 is 0 Å². The third-order valence-corrected chi connectivity index (χ3v) is 4.73. The molecule has 1 aliphatic rings. The molecule has 0 aliphatic carbocycles. The van der Waals surface area contributed by atoms with Crippen molar-refractivity contribution >= 4 is 17.8 Å². The molecule has 0 bridgehead atoms. The van der Waals surface area contributed by atoms with Crippen molar-refractivity contribution in [3.8, 4) is 0 Å². The van der Waals surface area contributed by atoms with Crippen molar-refractivity contribution in [1.82, 2.24) is 19.9 Å². The van der Waals surface area contributed by atoms with Crippen LogP contribution in [0.25, 0.3) is 17.8 Å². The Labute approximate surface area is 142 Å². The van der Waals surface area contributed by atoms with Crippen LogP contribution >= 0.6 is 0 Å². The van der Waals surface area contributed by atoms with Crippen LogP contribution in [0.4, 0.5) is 0 Å². The van der Waals surface area contributed by atoms with Gasteiger partial charge in [0, 0.05) is 24.2 Å². The molecule has 3 aromatic rings. The van der Waals surface area contributed by atoms with E-state index >= 15 is 0 Å². The number of fused-ring (bicyclic) bond motifs is 1. The average Bonchev–Trinajstić information content (AvgIpc) is 2.97. The molecule has 4 rings (SSSR count). The summed E-state index contributed by atoms with van der Waals surface area (Å²) < 4.78 is 2.04. The van der Waals surface area contributed by atoms with E-state index in [1.165, 1.54) is 24.1 Å². The van der Waals surface area contributed by atoms with Gasteiger partial charge in [0.05, 0.1) is 11.4 Å². The lowest BCUT2D eigenvalue weighted by Crippen LogP contribution is -2.29. The molecule has 1 saturated heterocycles. The highest BCUT2D eigenvalue weighted by Gasteiger charge is 2.20. The zero-order valence-corrected chi connectivity index (χ0v) is 13.9. The summed E-state index contributed by atoms with van der Waals surface area (Å²) in [6.07, 6.45) is 8.60. The third kappa shape index (κ3) is 2.85. The lowest BCUT2D eigenvalue weighted by Gasteiger charge is -2.23. The van der Waals surface area contributed by atoms with Gasteiger partial charge in [0.1, 0.15) is 0 Å². The molecule has 0 amide bonds. The van der Waals surface area contributed by atoms with E-state index in [0.29, 0.717) is 5.92 Å². The van der Waals surface area contributed by atoms with Crippen molar-refractivity contribution in [3.05, 3.63) is 65.1 Å². The number of piperidine rings is 1. The molecule has 1 aromatic carbocycles. The van der Waals surface area contributed by atoms with E-state index < -0.39 is 0 Å². The number of aryl methyl sites for hydroxylation is 1. The molecule has 122 valence electrons. The Bertz CT molecular complexity index is 858. The Morgan fingerprint density at radius 2 is 2.04 bits per heavy atom. The van der Waals surface area contributed by atoms with Gasteiger partial charge in [-0.05, 0) is 44.0 Å². The molecular formula is C20H22N4. The summed E-state index contributed by atoms with van der Waals surface area (Å²) in [6.45, 7) is 4.20. The Morgan fingerprint density at radius 3 is 2.83 bits per heavy atom. The fourth-order valence-electron chi connectivity index (χ4n) is 3.44. The zero-order valence-electron chi connectivity index (χ0n) is 13.9. The van der Waals surface area contributed by atoms with E-state index in [1.807, 2.05) is 16.8 Å². The van der Waals surface area contributed by atoms with Gasteiger partial charge in [0.25, 0.3) is 0 Å². The summed E-state index contributed by atoms with van der Waals surface area (Å²) in [5, 5.41) is 8.27. The summed E-state index contributed by atoms with van der Waals surface area (Å²) in [6, 6.07) is 12.4. The smallest absolute Gasteiger partial charge is 0.162 e. The van der Waals surface area contributed by atoms with E-state index in [9.17, 15) is 0 Å². The maximum absolute atomic E-state index is 4.78. The summed E-state index contributed by atoms with van der Waals surface area (Å²) in [7, 11) is 0. The summed E-state index contributed by atoms with van der Waals surface area (Å²) in [5.41, 5.74) is 5.51. The Morgan fingerprint density at radius 1 is 1.17 bits per heavy atom. The van der Waals surface area contributed by atoms with E-state index in [0.717, 1.165) is 30.0 Å². The first-order chi connectivity index (χ1) is 11.8. The predicted octanol–water partition coefficient (Wildman–Crippen LogP) is 3.68. The van der Waals surface area contributed by atoms with Crippen molar-refractivity contribution < 1.29 is 0 Å². The first kappa shape index (κ1) is 15.1. The molecule has 1 fully saturated rings. The highest BCUT2D eigenvalue weighted by atomic mass is 15.3. The lowest BCUT2D eigenvalue weighted by molar-refractivity contribution is 0.448. The maximum atomic E-state index is 4.78. The molecule has 0 saturated carbocycles. The normalized spacial score (nSPS) is 18.5. The molecule has 24 heavy (non-hydrogen) atoms. The van der Waals surface area contributed by atoms with Crippen LogP contribution in [-0.2, 0) is 0 Å². The molecular weight excluding hydrogens is 296 g/mol. The van der Waals surface area contributed by atoms with Crippen molar-refractivity contribution in [1.29, 1.82) is 0 Å². The molecule has 1 unspecified atom stereocenters. The Hall–Kier alpha value is -2.46. The molecule has 1 aliphatic heterocycles. The Kier molecular flexibility index (Phi) is 4.13. The quantitative estimate of drug-likeness (QED) is 0.801. The van der Waals surface area contributed by atoms with Crippen LogP contribution in [0.15, 0.2) is 42.6 Å². The molecule has 2 aromatic heterocycles. The second kappa shape index (κ2) is 6.57. The number of aromatic nitrogens is 3. The van der Waals surface area contributed by atoms with Gasteiger partial charge in [0.15, 0.2) is 5.65 Å². The monoisotopic (exact) mass is 318 g/mol. The molecule has 0 radical (unpaired) electrons. The topological polar surface area (TPSA) is 42.2 Å². The number of nitrogens with one attached hydrogen (secondary N) is 1. The van der Waals surface area contributed by atoms with Crippen LogP contribution in [0.1, 0.15) is 41.3 Å². The first-order valence-corrected chi connectivity index (χ1v) is 8.61. The van der Waals surface area contributed by atoms with Crippen molar-refractivity contribution in [2.45, 2.75) is 25.7 Å². The zero-order chi connectivity index (χ0) is 16.4. The van der Waals surface area contributed by atoms with Crippen molar-refractivity contribution in [2.75, 3.05) is 13.1 Å². The minimum absolute atomic E-state index is 0.509. The summed E-state index contributed by atoms with van der Waals surface area (Å²) in [5.74, 6) is 0.509. The van der Waals surface area contributed by atoms with Gasteiger partial charge < -0.3 is 5.32 Å². The van der Waals surface area contributed by atoms with Gasteiger partial charge in [-0.2, -0.15) is 5.10 Å². The molecule has 1 N–H and O–H groups in total. The number of hydrogen-bond donors (Lipinski definition) is 1. The van der Waals surface area contributed by atoms with Crippen LogP contribution < -0.4 is 5.32 Å². The minimum Gasteiger partial charge on any atom is -0.316 e. The van der Waals surface area contributed by atoms with E-state index in [4.69, 9.17) is 5.10 Å². The number of rotatable bonds is 3. The Balaban J connectivity index is 1.74. The third-order valence-electron chi connectivity index (χ3n) is 4.73. The lowest BCUT2D eigenvalue weighted by atomic mass is 9.96. The first-order valence-electron chi connectivity index (χ1n) is 8.61. The van der Waals surface area contributed by atoms with Gasteiger partial charge in [-0.3, -0.25) is 0 Å². The van der Waals surface area contributed by atoms with Gasteiger partial charge in [-0.15, -0.1) is 0 Å². The van der Waals surface area contributed by atoms with Crippen LogP contribution in [0.5, 0.6) is 0 Å². The number of hydrogen-bond acceptors (Lipinski definition) is 3. The summed E-state index contributed by atoms with van der Waals surface area (Å²) >= 11 is 0. The van der Waals surface area contributed by atoms with Crippen molar-refractivity contribution in [3.63, 3.8) is 0 Å². The number of nitrogens with zero attached hydrogens (tertiary/aromatic N) is 3. The van der Waals surface area contributed by atoms with E-state index in [-0.39, 0.29) is 0 Å². The fraction of sp³-hybridized carbons (Fsp3) is 0.300. The minimum atomic E-state index is 0.509. The van der Waals surface area contributed by atoms with Crippen LogP contribution in [-0.4, -0.2) is 27.7 Å². The van der Waals surface area contributed by atoms with Gasteiger partial charge in [0.2, 0.25) is 0 Å². The molecule has 3 heterocycles. The molecule has 4 nitrogen and oxygen atoms in total. The molecule has 0 spiro atoms. The average molecular weight is 318 g/mol. The largest absolute Gasteiger partial charge is 0.316 e. The van der Waals surface area contributed by atoms with Gasteiger partial charge in [-0.25, -0.2) is 9.50 Å². The number of benzene rings is 1. The second-order valence-corrected chi connectivity index (χ2v) is 6.39. The van der Waals surface area contributed by atoms with Crippen LogP contribution in [0, 0.1) is 6.92 Å². The van der Waals surface area contributed by atoms with E-state index in [2.05, 4.69) is 59.7 Å². The van der Waals surface area contributed by atoms with Gasteiger partial charge in [-0.1, -0.05) is 36.4 Å². The fourth-order valence-corrected chi connectivity index (χ4v) is 3.44. The van der Waals surface area contributed by atoms with E-state index in [1.54, 1.807) is 0 Å². The van der Waals surface area contributed by atoms with Crippen LogP contribution in [0.2, 0.25) is 0 Å². The summed E-state index contributed by atoms with van der Waals surface area (Å²) in [4.78, 5) is 4.60. The van der Waals surface area contributed by atoms with Crippen LogP contribution in [0.3, 0.4) is 0 Å². The predicted molar refractivity (Wildman–Crippen MR) is 97.9 cm³/mol.